The molecule has 0 bridgehead atoms. The Kier molecular flexibility index (Phi) is 13.3. The Labute approximate surface area is 340 Å². The van der Waals surface area contributed by atoms with Gasteiger partial charge in [0.15, 0.2) is 5.13 Å². The highest BCUT2D eigenvalue weighted by Crippen LogP contribution is 2.30. The second kappa shape index (κ2) is 19.2. The topological polar surface area (TPSA) is 140 Å². The summed E-state index contributed by atoms with van der Waals surface area (Å²) in [6.07, 6.45) is 7.97. The molecule has 4 N–H and O–H groups in total. The van der Waals surface area contributed by atoms with Crippen molar-refractivity contribution in [1.29, 1.82) is 0 Å². The van der Waals surface area contributed by atoms with E-state index in [4.69, 9.17) is 15.2 Å². The van der Waals surface area contributed by atoms with Crippen LogP contribution in [0.2, 0.25) is 0 Å². The molecule has 3 aromatic carbocycles. The smallest absolute Gasteiger partial charge is 0.255 e. The van der Waals surface area contributed by atoms with E-state index in [0.717, 1.165) is 88.9 Å². The monoisotopic (exact) mass is 796 g/mol. The van der Waals surface area contributed by atoms with E-state index in [2.05, 4.69) is 53.8 Å². The van der Waals surface area contributed by atoms with E-state index < -0.39 is 0 Å². The van der Waals surface area contributed by atoms with Crippen LogP contribution in [0.25, 0.3) is 22.5 Å². The quantitative estimate of drug-likeness (QED) is 0.103. The second-order valence-corrected chi connectivity index (χ2v) is 15.3. The summed E-state index contributed by atoms with van der Waals surface area (Å²) in [7, 11) is 0. The van der Waals surface area contributed by atoms with Crippen molar-refractivity contribution < 1.29 is 14.3 Å². The fourth-order valence-corrected chi connectivity index (χ4v) is 7.62. The van der Waals surface area contributed by atoms with E-state index >= 15 is 0 Å². The van der Waals surface area contributed by atoms with Gasteiger partial charge in [-0.15, -0.1) is 22.7 Å². The number of nitrogens with one attached hydrogen (secondary N) is 2. The van der Waals surface area contributed by atoms with Crippen LogP contribution in [-0.2, 0) is 11.2 Å². The summed E-state index contributed by atoms with van der Waals surface area (Å²) in [5.74, 6) is 0.488. The van der Waals surface area contributed by atoms with Gasteiger partial charge in [0.1, 0.15) is 12.4 Å². The zero-order valence-corrected chi connectivity index (χ0v) is 33.5. The van der Waals surface area contributed by atoms with Gasteiger partial charge in [-0.25, -0.2) is 9.97 Å². The Balaban J connectivity index is 0.000000208. The first-order valence-corrected chi connectivity index (χ1v) is 20.4. The minimum Gasteiger partial charge on any atom is -0.492 e. The number of carbonyl (C=O) groups excluding carboxylic acids is 1. The maximum Gasteiger partial charge on any atom is 0.255 e. The van der Waals surface area contributed by atoms with Gasteiger partial charge in [-0.3, -0.25) is 19.7 Å². The molecule has 1 saturated heterocycles. The van der Waals surface area contributed by atoms with Crippen LogP contribution in [-0.4, -0.2) is 70.2 Å². The number of thiazole rings is 2. The number of ether oxygens (including phenoxy) is 2. The molecule has 0 saturated carbocycles. The van der Waals surface area contributed by atoms with E-state index in [-0.39, 0.29) is 5.91 Å². The van der Waals surface area contributed by atoms with Crippen molar-refractivity contribution in [2.24, 2.45) is 0 Å². The first-order valence-electron chi connectivity index (χ1n) is 18.6. The van der Waals surface area contributed by atoms with E-state index in [9.17, 15) is 4.79 Å². The zero-order chi connectivity index (χ0) is 39.4. The molecule has 1 amide bonds. The third kappa shape index (κ3) is 11.1. The van der Waals surface area contributed by atoms with Crippen molar-refractivity contribution in [3.63, 3.8) is 0 Å². The number of nitrogen functional groups attached to an aromatic ring is 1. The van der Waals surface area contributed by atoms with Gasteiger partial charge in [0, 0.05) is 95.4 Å². The summed E-state index contributed by atoms with van der Waals surface area (Å²) >= 11 is 3.20. The lowest BCUT2D eigenvalue weighted by Gasteiger charge is -2.26. The van der Waals surface area contributed by atoms with E-state index in [0.29, 0.717) is 23.6 Å². The lowest BCUT2D eigenvalue weighted by molar-refractivity contribution is 0.0322. The normalized spacial score (nSPS) is 12.7. The van der Waals surface area contributed by atoms with Crippen molar-refractivity contribution in [1.82, 2.24) is 24.8 Å². The molecule has 7 aromatic rings. The molecular weight excluding hydrogens is 753 g/mol. The highest BCUT2D eigenvalue weighted by molar-refractivity contribution is 7.14. The number of hydrogen-bond acceptors (Lipinski definition) is 12. The highest BCUT2D eigenvalue weighted by Gasteiger charge is 2.13. The van der Waals surface area contributed by atoms with Crippen LogP contribution in [0.1, 0.15) is 32.1 Å². The number of rotatable bonds is 12. The van der Waals surface area contributed by atoms with Gasteiger partial charge in [-0.2, -0.15) is 0 Å². The van der Waals surface area contributed by atoms with Crippen LogP contribution in [0.5, 0.6) is 5.75 Å². The maximum atomic E-state index is 13.0. The minimum absolute atomic E-state index is 0.193. The molecular formula is C44H44N8O3S2. The summed E-state index contributed by atoms with van der Waals surface area (Å²) < 4.78 is 11.3. The predicted molar refractivity (Wildman–Crippen MR) is 231 cm³/mol. The zero-order valence-electron chi connectivity index (χ0n) is 31.9. The molecule has 1 aliphatic heterocycles. The number of nitrogens with two attached hydrogens (primary N) is 1. The molecule has 0 atom stereocenters. The van der Waals surface area contributed by atoms with Gasteiger partial charge in [0.25, 0.3) is 5.91 Å². The first kappa shape index (κ1) is 39.3. The highest BCUT2D eigenvalue weighted by atomic mass is 32.1. The molecule has 1 fully saturated rings. The number of carbonyl (C=O) groups is 1. The molecule has 57 heavy (non-hydrogen) atoms. The molecule has 0 radical (unpaired) electrons. The maximum absolute atomic E-state index is 13.0. The van der Waals surface area contributed by atoms with Crippen LogP contribution in [0.4, 0.5) is 22.2 Å². The van der Waals surface area contributed by atoms with E-state index in [1.807, 2.05) is 85.2 Å². The van der Waals surface area contributed by atoms with Crippen molar-refractivity contribution in [3.05, 3.63) is 148 Å². The number of benzene rings is 3. The number of anilines is 4. The fraction of sp³-hybridized carbons (Fsp3) is 0.205. The van der Waals surface area contributed by atoms with Gasteiger partial charge in [-0.1, -0.05) is 18.2 Å². The number of aromatic nitrogens is 4. The number of amides is 1. The standard InChI is InChI=1S/C28H29N5O3S.C16H15N3S/c1-20-7-8-23(17-25(20)31-28-32-26(19-37-28)22-5-3-9-29-18-22)30-27(34)21-4-2-6-24(16-21)36-15-12-33-10-13-35-14-11-33;1-11-4-5-14(17)7-13(11)8-16-19-15(10-20-16)12-3-2-6-18-9-12/h2-9,16-19H,10-15H2,1H3,(H,30,34)(H,31,32);2-7,9-10H,8,17H2,1H3. The van der Waals surface area contributed by atoms with Gasteiger partial charge in [0.05, 0.1) is 29.6 Å². The van der Waals surface area contributed by atoms with Gasteiger partial charge >= 0.3 is 0 Å². The third-order valence-corrected chi connectivity index (χ3v) is 10.9. The largest absolute Gasteiger partial charge is 0.492 e. The Morgan fingerprint density at radius 1 is 0.842 bits per heavy atom. The third-order valence-electron chi connectivity index (χ3n) is 9.30. The summed E-state index contributed by atoms with van der Waals surface area (Å²) in [6, 6.07) is 26.9. The van der Waals surface area contributed by atoms with Crippen molar-refractivity contribution >= 4 is 50.8 Å². The molecule has 5 heterocycles. The minimum atomic E-state index is -0.193. The van der Waals surface area contributed by atoms with E-state index in [1.54, 1.807) is 42.1 Å². The summed E-state index contributed by atoms with van der Waals surface area (Å²) in [4.78, 5) is 32.9. The fourth-order valence-electron chi connectivity index (χ4n) is 6.06. The number of aryl methyl sites for hydroxylation is 2. The molecule has 290 valence electrons. The molecule has 11 nitrogen and oxygen atoms in total. The van der Waals surface area contributed by atoms with Crippen molar-refractivity contribution in [2.45, 2.75) is 20.3 Å². The Morgan fingerprint density at radius 3 is 2.33 bits per heavy atom. The SMILES string of the molecule is Cc1ccc(N)cc1Cc1nc(-c2cccnc2)cs1.Cc1ccc(NC(=O)c2cccc(OCCN3CCOCC3)c2)cc1Nc1nc(-c2cccnc2)cs1. The molecule has 0 unspecified atom stereocenters. The van der Waals surface area contributed by atoms with E-state index in [1.165, 1.54) is 22.5 Å². The number of pyridine rings is 2. The van der Waals surface area contributed by atoms with Crippen LogP contribution in [0.15, 0.2) is 120 Å². The molecule has 13 heteroatoms. The van der Waals surface area contributed by atoms with Crippen LogP contribution >= 0.6 is 22.7 Å². The van der Waals surface area contributed by atoms with Crippen LogP contribution in [0.3, 0.4) is 0 Å². The first-order chi connectivity index (χ1) is 27.9. The molecule has 4 aromatic heterocycles. The lowest BCUT2D eigenvalue weighted by Crippen LogP contribution is -2.38. The summed E-state index contributed by atoms with van der Waals surface area (Å²) in [6.45, 7) is 8.90. The number of nitrogens with zero attached hydrogens (tertiary/aromatic N) is 5. The Morgan fingerprint density at radius 2 is 1.58 bits per heavy atom. The number of morpholine rings is 1. The molecule has 1 aliphatic rings. The predicted octanol–water partition coefficient (Wildman–Crippen LogP) is 8.91. The van der Waals surface area contributed by atoms with Crippen molar-refractivity contribution in [2.75, 3.05) is 55.8 Å². The average molecular weight is 797 g/mol. The van der Waals surface area contributed by atoms with Gasteiger partial charge in [0.2, 0.25) is 0 Å². The lowest BCUT2D eigenvalue weighted by atomic mass is 10.1. The molecule has 0 spiro atoms. The molecule has 0 aliphatic carbocycles. The van der Waals surface area contributed by atoms with Gasteiger partial charge in [-0.05, 0) is 97.3 Å². The Hall–Kier alpha value is -5.99. The number of hydrogen-bond donors (Lipinski definition) is 3. The molecule has 8 rings (SSSR count). The summed E-state index contributed by atoms with van der Waals surface area (Å²) in [5, 5.41) is 12.3. The Bertz CT molecular complexity index is 2380. The van der Waals surface area contributed by atoms with Gasteiger partial charge < -0.3 is 25.8 Å². The van der Waals surface area contributed by atoms with Crippen molar-refractivity contribution in [3.8, 4) is 28.3 Å². The summed E-state index contributed by atoms with van der Waals surface area (Å²) in [5.41, 5.74) is 16.2. The average Bonchev–Trinajstić information content (AvgIpc) is 3.92. The van der Waals surface area contributed by atoms with Crippen LogP contribution < -0.4 is 21.1 Å². The van der Waals surface area contributed by atoms with Crippen LogP contribution in [0, 0.1) is 13.8 Å². The second-order valence-electron chi connectivity index (χ2n) is 13.4.